The summed E-state index contributed by atoms with van der Waals surface area (Å²) in [5.41, 5.74) is 0. The third-order valence-electron chi connectivity index (χ3n) is 5.02. The second kappa shape index (κ2) is 10.0. The van der Waals surface area contributed by atoms with Crippen LogP contribution < -0.4 is 10.6 Å². The zero-order valence-electron chi connectivity index (χ0n) is 16.4. The summed E-state index contributed by atoms with van der Waals surface area (Å²) in [6, 6.07) is 10.9. The molecule has 1 aliphatic carbocycles. The Kier molecular flexibility index (Phi) is 8.27. The molecule has 150 valence electrons. The smallest absolute Gasteiger partial charge is 0.225 e. The summed E-state index contributed by atoms with van der Waals surface area (Å²) >= 11 is 1.96. The van der Waals surface area contributed by atoms with Gasteiger partial charge in [0.15, 0.2) is 5.96 Å². The minimum atomic E-state index is 0. The van der Waals surface area contributed by atoms with Crippen molar-refractivity contribution < 1.29 is 4.79 Å². The number of hydrogen-bond donors (Lipinski definition) is 2. The highest BCUT2D eigenvalue weighted by Crippen LogP contribution is 2.51. The summed E-state index contributed by atoms with van der Waals surface area (Å²) in [6.45, 7) is 6.43. The molecule has 0 spiro atoms. The molecule has 0 bridgehead atoms. The summed E-state index contributed by atoms with van der Waals surface area (Å²) in [6.07, 6.45) is 3.44. The van der Waals surface area contributed by atoms with E-state index in [-0.39, 0.29) is 46.6 Å². The Bertz CT molecular complexity index is 649. The Morgan fingerprint density at radius 2 is 2.04 bits per heavy atom. The lowest BCUT2D eigenvalue weighted by molar-refractivity contribution is -0.133. The molecule has 5 nitrogen and oxygen atoms in total. The topological polar surface area (TPSA) is 56.7 Å². The van der Waals surface area contributed by atoms with E-state index in [2.05, 4.69) is 46.0 Å². The molecule has 2 N–H and O–H groups in total. The summed E-state index contributed by atoms with van der Waals surface area (Å²) in [5, 5.41) is 6.99. The third kappa shape index (κ3) is 6.27. The van der Waals surface area contributed by atoms with Gasteiger partial charge in [-0.3, -0.25) is 9.79 Å². The van der Waals surface area contributed by atoms with Gasteiger partial charge in [-0.1, -0.05) is 32.0 Å². The molecule has 1 unspecified atom stereocenters. The number of amides is 1. The molecule has 27 heavy (non-hydrogen) atoms. The van der Waals surface area contributed by atoms with Crippen LogP contribution in [0.3, 0.4) is 0 Å². The third-order valence-corrected chi connectivity index (χ3v) is 6.51. The standard InChI is InChI=1S/C20H30N4OS.HI/c1-15(2)18(25)24-12-9-16(13-24)23-19(21-3)22-14-20(10-11-20)26-17-7-5-4-6-8-17;/h4-8,15-16H,9-14H2,1-3H3,(H2,21,22,23);1H. The normalized spacial score (nSPS) is 21.0. The van der Waals surface area contributed by atoms with Crippen LogP contribution in [0.25, 0.3) is 0 Å². The molecule has 1 aliphatic heterocycles. The molecule has 1 atom stereocenters. The molecular formula is C20H31IN4OS. The van der Waals surface area contributed by atoms with Crippen LogP contribution in [0.1, 0.15) is 33.1 Å². The Balaban J connectivity index is 0.00000261. The number of likely N-dealkylation sites (tertiary alicyclic amines) is 1. The van der Waals surface area contributed by atoms with Gasteiger partial charge in [0, 0.05) is 48.3 Å². The van der Waals surface area contributed by atoms with Crippen LogP contribution in [0.4, 0.5) is 0 Å². The number of hydrogen-bond acceptors (Lipinski definition) is 3. The average molecular weight is 502 g/mol. The Labute approximate surface area is 184 Å². The van der Waals surface area contributed by atoms with Crippen molar-refractivity contribution in [3.8, 4) is 0 Å². The molecule has 1 aromatic rings. The maximum absolute atomic E-state index is 12.1. The lowest BCUT2D eigenvalue weighted by atomic mass is 10.2. The molecule has 1 aromatic carbocycles. The number of guanidine groups is 1. The fourth-order valence-corrected chi connectivity index (χ4v) is 4.51. The summed E-state index contributed by atoms with van der Waals surface area (Å²) in [7, 11) is 1.81. The quantitative estimate of drug-likeness (QED) is 0.356. The van der Waals surface area contributed by atoms with Crippen molar-refractivity contribution >= 4 is 47.6 Å². The zero-order chi connectivity index (χ0) is 18.6. The highest BCUT2D eigenvalue weighted by atomic mass is 127. The van der Waals surface area contributed by atoms with Crippen LogP contribution in [-0.4, -0.2) is 54.2 Å². The largest absolute Gasteiger partial charge is 0.355 e. The molecule has 1 saturated carbocycles. The first kappa shape index (κ1) is 22.3. The van der Waals surface area contributed by atoms with Crippen LogP contribution in [0.2, 0.25) is 0 Å². The molecule has 3 rings (SSSR count). The van der Waals surface area contributed by atoms with E-state index in [1.54, 1.807) is 0 Å². The summed E-state index contributed by atoms with van der Waals surface area (Å²) in [5.74, 6) is 1.15. The van der Waals surface area contributed by atoms with Crippen molar-refractivity contribution in [2.24, 2.45) is 10.9 Å². The number of thioether (sulfide) groups is 1. The molecule has 7 heteroatoms. The van der Waals surface area contributed by atoms with Gasteiger partial charge >= 0.3 is 0 Å². The van der Waals surface area contributed by atoms with Crippen LogP contribution in [0, 0.1) is 5.92 Å². The fourth-order valence-electron chi connectivity index (χ4n) is 3.27. The summed E-state index contributed by atoms with van der Waals surface area (Å²) in [4.78, 5) is 19.8. The molecule has 1 heterocycles. The Morgan fingerprint density at radius 1 is 1.33 bits per heavy atom. The fraction of sp³-hybridized carbons (Fsp3) is 0.600. The van der Waals surface area contributed by atoms with E-state index >= 15 is 0 Å². The van der Waals surface area contributed by atoms with Crippen molar-refractivity contribution in [2.75, 3.05) is 26.7 Å². The predicted molar refractivity (Wildman–Crippen MR) is 124 cm³/mol. The molecule has 0 aromatic heterocycles. The molecule has 1 amide bonds. The molecule has 1 saturated heterocycles. The van der Waals surface area contributed by atoms with E-state index < -0.39 is 0 Å². The van der Waals surface area contributed by atoms with Gasteiger partial charge in [0.1, 0.15) is 0 Å². The van der Waals surface area contributed by atoms with E-state index in [1.165, 1.54) is 17.7 Å². The lowest BCUT2D eigenvalue weighted by Crippen LogP contribution is -2.47. The highest BCUT2D eigenvalue weighted by molar-refractivity contribution is 14.0. The SMILES string of the molecule is CN=C(NCC1(Sc2ccccc2)CC1)NC1CCN(C(=O)C(C)C)C1.I. The van der Waals surface area contributed by atoms with Crippen molar-refractivity contribution in [3.05, 3.63) is 30.3 Å². The van der Waals surface area contributed by atoms with Crippen molar-refractivity contribution in [3.63, 3.8) is 0 Å². The number of carbonyl (C=O) groups excluding carboxylic acids is 1. The molecule has 2 fully saturated rings. The van der Waals surface area contributed by atoms with E-state index in [9.17, 15) is 4.79 Å². The maximum Gasteiger partial charge on any atom is 0.225 e. The molecular weight excluding hydrogens is 471 g/mol. The number of nitrogens with one attached hydrogen (secondary N) is 2. The highest BCUT2D eigenvalue weighted by Gasteiger charge is 2.43. The van der Waals surface area contributed by atoms with Gasteiger partial charge < -0.3 is 15.5 Å². The van der Waals surface area contributed by atoms with Crippen molar-refractivity contribution in [2.45, 2.75) is 48.8 Å². The number of benzene rings is 1. The number of carbonyl (C=O) groups is 1. The van der Waals surface area contributed by atoms with Gasteiger partial charge in [0.05, 0.1) is 0 Å². The van der Waals surface area contributed by atoms with Crippen molar-refractivity contribution in [1.82, 2.24) is 15.5 Å². The van der Waals surface area contributed by atoms with Crippen LogP contribution in [0.15, 0.2) is 40.2 Å². The van der Waals surface area contributed by atoms with Crippen LogP contribution in [-0.2, 0) is 4.79 Å². The van der Waals surface area contributed by atoms with E-state index in [0.717, 1.165) is 32.0 Å². The molecule has 2 aliphatic rings. The molecule has 0 radical (unpaired) electrons. The number of rotatable bonds is 6. The zero-order valence-corrected chi connectivity index (χ0v) is 19.6. The van der Waals surface area contributed by atoms with E-state index in [4.69, 9.17) is 0 Å². The van der Waals surface area contributed by atoms with Gasteiger partial charge in [0.25, 0.3) is 0 Å². The van der Waals surface area contributed by atoms with Gasteiger partial charge in [-0.05, 0) is 31.4 Å². The minimum Gasteiger partial charge on any atom is -0.355 e. The minimum absolute atomic E-state index is 0. The van der Waals surface area contributed by atoms with Crippen molar-refractivity contribution in [1.29, 1.82) is 0 Å². The van der Waals surface area contributed by atoms with Crippen LogP contribution >= 0.6 is 35.7 Å². The van der Waals surface area contributed by atoms with Gasteiger partial charge in [0.2, 0.25) is 5.91 Å². The van der Waals surface area contributed by atoms with Gasteiger partial charge in [-0.25, -0.2) is 0 Å². The number of aliphatic imine (C=N–C) groups is 1. The van der Waals surface area contributed by atoms with E-state index in [1.807, 2.05) is 37.6 Å². The second-order valence-electron chi connectivity index (χ2n) is 7.59. The maximum atomic E-state index is 12.1. The first-order valence-electron chi connectivity index (χ1n) is 9.51. The Morgan fingerprint density at radius 3 is 2.63 bits per heavy atom. The van der Waals surface area contributed by atoms with E-state index in [0.29, 0.717) is 0 Å². The Hall–Kier alpha value is -0.960. The van der Waals surface area contributed by atoms with Gasteiger partial charge in [-0.15, -0.1) is 35.7 Å². The van der Waals surface area contributed by atoms with Gasteiger partial charge in [-0.2, -0.15) is 0 Å². The first-order valence-corrected chi connectivity index (χ1v) is 10.3. The predicted octanol–water partition coefficient (Wildman–Crippen LogP) is 3.35. The lowest BCUT2D eigenvalue weighted by Gasteiger charge is -2.22. The average Bonchev–Trinajstić information content (AvgIpc) is 3.24. The number of halogens is 1. The summed E-state index contributed by atoms with van der Waals surface area (Å²) < 4.78 is 0.286. The number of nitrogens with zero attached hydrogens (tertiary/aromatic N) is 2. The second-order valence-corrected chi connectivity index (χ2v) is 9.13. The first-order chi connectivity index (χ1) is 12.5. The monoisotopic (exact) mass is 502 g/mol. The van der Waals surface area contributed by atoms with Crippen LogP contribution in [0.5, 0.6) is 0 Å².